The Morgan fingerprint density at radius 3 is 3.00 bits per heavy atom. The van der Waals surface area contributed by atoms with Crippen LogP contribution in [0.15, 0.2) is 6.07 Å². The maximum Gasteiger partial charge on any atom is 0.0791 e. The van der Waals surface area contributed by atoms with Crippen LogP contribution in [0.1, 0.15) is 21.7 Å². The van der Waals surface area contributed by atoms with Crippen molar-refractivity contribution in [2.24, 2.45) is 0 Å². The molecule has 0 amide bonds. The van der Waals surface area contributed by atoms with E-state index in [1.165, 1.54) is 24.1 Å². The zero-order chi connectivity index (χ0) is 13.8. The Hall–Kier alpha value is -0.460. The third-order valence-electron chi connectivity index (χ3n) is 4.05. The highest BCUT2D eigenvalue weighted by Gasteiger charge is 2.16. The molecule has 0 saturated carbocycles. The van der Waals surface area contributed by atoms with Crippen molar-refractivity contribution in [2.45, 2.75) is 31.9 Å². The maximum atomic E-state index is 10.1. The molecule has 2 N–H and O–H groups in total. The van der Waals surface area contributed by atoms with Crippen molar-refractivity contribution >= 4 is 11.3 Å². The van der Waals surface area contributed by atoms with E-state index < -0.39 is 0 Å². The van der Waals surface area contributed by atoms with Crippen molar-refractivity contribution in [2.75, 3.05) is 39.4 Å². The van der Waals surface area contributed by atoms with Gasteiger partial charge in [0.1, 0.15) is 0 Å². The first kappa shape index (κ1) is 14.5. The van der Waals surface area contributed by atoms with Gasteiger partial charge in [-0.2, -0.15) is 0 Å². The minimum Gasteiger partial charge on any atom is -0.390 e. The lowest BCUT2D eigenvalue weighted by Crippen LogP contribution is -2.43. The zero-order valence-corrected chi connectivity index (χ0v) is 12.8. The molecule has 4 nitrogen and oxygen atoms in total. The summed E-state index contributed by atoms with van der Waals surface area (Å²) in [7, 11) is 0. The van der Waals surface area contributed by atoms with E-state index in [0.717, 1.165) is 39.4 Å². The Morgan fingerprint density at radius 2 is 2.20 bits per heavy atom. The van der Waals surface area contributed by atoms with Gasteiger partial charge >= 0.3 is 0 Å². The van der Waals surface area contributed by atoms with Crippen LogP contribution in [-0.4, -0.2) is 55.5 Å². The van der Waals surface area contributed by atoms with Gasteiger partial charge in [0.2, 0.25) is 0 Å². The van der Waals surface area contributed by atoms with Gasteiger partial charge in [0.05, 0.1) is 19.3 Å². The Kier molecular flexibility index (Phi) is 5.07. The van der Waals surface area contributed by atoms with Gasteiger partial charge in [0.15, 0.2) is 0 Å². The highest BCUT2D eigenvalue weighted by atomic mass is 32.1. The van der Waals surface area contributed by atoms with Crippen molar-refractivity contribution in [3.05, 3.63) is 21.4 Å². The molecule has 1 aromatic rings. The fourth-order valence-corrected chi connectivity index (χ4v) is 4.22. The second-order valence-electron chi connectivity index (χ2n) is 5.71. The maximum absolute atomic E-state index is 10.1. The summed E-state index contributed by atoms with van der Waals surface area (Å²) in [5.41, 5.74) is 1.56. The molecule has 1 saturated heterocycles. The van der Waals surface area contributed by atoms with Crippen LogP contribution in [0.25, 0.3) is 0 Å². The summed E-state index contributed by atoms with van der Waals surface area (Å²) in [4.78, 5) is 5.26. The van der Waals surface area contributed by atoms with Crippen LogP contribution in [0.5, 0.6) is 0 Å². The predicted molar refractivity (Wildman–Crippen MR) is 81.3 cm³/mol. The number of thiophene rings is 1. The number of morpholine rings is 1. The van der Waals surface area contributed by atoms with Crippen molar-refractivity contribution in [1.82, 2.24) is 10.2 Å². The quantitative estimate of drug-likeness (QED) is 0.823. The van der Waals surface area contributed by atoms with E-state index in [2.05, 4.69) is 16.3 Å². The summed E-state index contributed by atoms with van der Waals surface area (Å²) in [6.45, 7) is 5.76. The fourth-order valence-electron chi connectivity index (χ4n) is 2.99. The van der Waals surface area contributed by atoms with Crippen LogP contribution in [-0.2, 0) is 24.1 Å². The van der Waals surface area contributed by atoms with E-state index in [4.69, 9.17) is 4.74 Å². The molecule has 1 aromatic heterocycles. The monoisotopic (exact) mass is 296 g/mol. The third-order valence-corrected chi connectivity index (χ3v) is 5.29. The molecule has 20 heavy (non-hydrogen) atoms. The van der Waals surface area contributed by atoms with Gasteiger partial charge in [-0.1, -0.05) is 0 Å². The largest absolute Gasteiger partial charge is 0.390 e. The smallest absolute Gasteiger partial charge is 0.0791 e. The average Bonchev–Trinajstić information content (AvgIpc) is 3.01. The topological polar surface area (TPSA) is 44.7 Å². The highest BCUT2D eigenvalue weighted by molar-refractivity contribution is 7.12. The van der Waals surface area contributed by atoms with E-state index in [9.17, 15) is 5.11 Å². The summed E-state index contributed by atoms with van der Waals surface area (Å²) >= 11 is 1.94. The third kappa shape index (κ3) is 3.80. The van der Waals surface area contributed by atoms with Crippen LogP contribution in [0.2, 0.25) is 0 Å². The molecular weight excluding hydrogens is 272 g/mol. The summed E-state index contributed by atoms with van der Waals surface area (Å²) in [6, 6.07) is 2.34. The molecule has 0 aromatic carbocycles. The van der Waals surface area contributed by atoms with Gasteiger partial charge in [-0.15, -0.1) is 11.3 Å². The normalized spacial score (nSPS) is 21.1. The number of hydrogen-bond acceptors (Lipinski definition) is 5. The zero-order valence-electron chi connectivity index (χ0n) is 11.9. The number of aryl methyl sites for hydroxylation is 2. The molecule has 0 radical (unpaired) electrons. The number of aliphatic hydroxyl groups excluding tert-OH is 1. The van der Waals surface area contributed by atoms with Gasteiger partial charge in [-0.05, 0) is 30.9 Å². The number of nitrogens with one attached hydrogen (secondary N) is 1. The Labute approximate surface area is 124 Å². The fraction of sp³-hybridized carbons (Fsp3) is 0.733. The number of aliphatic hydroxyl groups is 1. The van der Waals surface area contributed by atoms with Gasteiger partial charge in [0, 0.05) is 42.5 Å². The molecule has 0 bridgehead atoms. The number of ether oxygens (including phenoxy) is 1. The van der Waals surface area contributed by atoms with Crippen LogP contribution >= 0.6 is 11.3 Å². The van der Waals surface area contributed by atoms with Crippen LogP contribution in [0.4, 0.5) is 0 Å². The Bertz CT molecular complexity index is 408. The number of β-amino-alcohol motifs (C(OH)–C–C–N with tert-alkyl or cyclic N) is 1. The highest BCUT2D eigenvalue weighted by Crippen LogP contribution is 2.30. The molecule has 1 fully saturated rings. The minimum absolute atomic E-state index is 0.292. The Morgan fingerprint density at radius 1 is 1.35 bits per heavy atom. The SMILES string of the molecule is OC(CNCc1cc2c(s1)CCC2)CN1CCOCC1. The van der Waals surface area contributed by atoms with Crippen LogP contribution < -0.4 is 5.32 Å². The number of nitrogens with zero attached hydrogens (tertiary/aromatic N) is 1. The summed E-state index contributed by atoms with van der Waals surface area (Å²) in [5, 5.41) is 13.4. The number of rotatable bonds is 6. The molecule has 1 aliphatic heterocycles. The lowest BCUT2D eigenvalue weighted by Gasteiger charge is -2.28. The van der Waals surface area contributed by atoms with E-state index in [1.54, 1.807) is 10.4 Å². The van der Waals surface area contributed by atoms with Crippen molar-refractivity contribution < 1.29 is 9.84 Å². The first-order chi connectivity index (χ1) is 9.81. The van der Waals surface area contributed by atoms with Gasteiger partial charge in [-0.3, -0.25) is 4.90 Å². The van der Waals surface area contributed by atoms with Crippen molar-refractivity contribution in [3.63, 3.8) is 0 Å². The van der Waals surface area contributed by atoms with Crippen molar-refractivity contribution in [3.8, 4) is 0 Å². The molecule has 3 rings (SSSR count). The summed E-state index contributed by atoms with van der Waals surface area (Å²) < 4.78 is 5.31. The van der Waals surface area contributed by atoms with Gasteiger partial charge in [0.25, 0.3) is 0 Å². The molecule has 2 aliphatic rings. The number of hydrogen-bond donors (Lipinski definition) is 2. The average molecular weight is 296 g/mol. The molecule has 5 heteroatoms. The molecule has 1 atom stereocenters. The van der Waals surface area contributed by atoms with Gasteiger partial charge < -0.3 is 15.2 Å². The van der Waals surface area contributed by atoms with Crippen molar-refractivity contribution in [1.29, 1.82) is 0 Å². The van der Waals surface area contributed by atoms with Gasteiger partial charge in [-0.25, -0.2) is 0 Å². The molecule has 1 aliphatic carbocycles. The molecule has 2 heterocycles. The lowest BCUT2D eigenvalue weighted by atomic mass is 10.2. The second kappa shape index (κ2) is 7.00. The van der Waals surface area contributed by atoms with E-state index in [0.29, 0.717) is 6.54 Å². The summed E-state index contributed by atoms with van der Waals surface area (Å²) in [5.74, 6) is 0. The molecule has 1 unspecified atom stereocenters. The molecule has 112 valence electrons. The molecule has 0 spiro atoms. The first-order valence-electron chi connectivity index (χ1n) is 7.60. The number of fused-ring (bicyclic) bond motifs is 1. The lowest BCUT2D eigenvalue weighted by molar-refractivity contribution is 0.0149. The standard InChI is InChI=1S/C15H24N2O2S/c18-13(11-17-4-6-19-7-5-17)9-16-10-14-8-12-2-1-3-15(12)20-14/h8,13,16,18H,1-7,9-11H2. The first-order valence-corrected chi connectivity index (χ1v) is 8.42. The van der Waals surface area contributed by atoms with E-state index in [-0.39, 0.29) is 6.10 Å². The Balaban J connectivity index is 1.36. The predicted octanol–water partition coefficient (Wildman–Crippen LogP) is 1.02. The second-order valence-corrected chi connectivity index (χ2v) is 6.93. The van der Waals surface area contributed by atoms with Crippen LogP contribution in [0, 0.1) is 0 Å². The van der Waals surface area contributed by atoms with Crippen LogP contribution in [0.3, 0.4) is 0 Å². The summed E-state index contributed by atoms with van der Waals surface area (Å²) in [6.07, 6.45) is 3.55. The van der Waals surface area contributed by atoms with E-state index in [1.807, 2.05) is 11.3 Å². The van der Waals surface area contributed by atoms with E-state index >= 15 is 0 Å². The molecular formula is C15H24N2O2S. The minimum atomic E-state index is -0.292.